The molecule has 0 spiro atoms. The summed E-state index contributed by atoms with van der Waals surface area (Å²) in [6.07, 6.45) is -7.00. The molecule has 0 aliphatic carbocycles. The first-order chi connectivity index (χ1) is 6.79. The Kier molecular flexibility index (Phi) is 3.39. The third-order valence-electron chi connectivity index (χ3n) is 2.34. The van der Waals surface area contributed by atoms with Crippen molar-refractivity contribution < 1.29 is 18.3 Å². The summed E-state index contributed by atoms with van der Waals surface area (Å²) < 4.78 is 36.0. The van der Waals surface area contributed by atoms with Crippen LogP contribution in [0.25, 0.3) is 0 Å². The highest BCUT2D eigenvalue weighted by Gasteiger charge is 2.31. The summed E-state index contributed by atoms with van der Waals surface area (Å²) in [5.41, 5.74) is 2.20. The Morgan fingerprint density at radius 3 is 2.27 bits per heavy atom. The first-order valence-electron chi connectivity index (χ1n) is 4.61. The van der Waals surface area contributed by atoms with Crippen LogP contribution in [0.2, 0.25) is 0 Å². The summed E-state index contributed by atoms with van der Waals surface area (Å²) in [5, 5.41) is 9.35. The Morgan fingerprint density at radius 2 is 1.80 bits per heavy atom. The van der Waals surface area contributed by atoms with Crippen LogP contribution in [0.4, 0.5) is 13.2 Å². The molecule has 0 bridgehead atoms. The van der Waals surface area contributed by atoms with Crippen molar-refractivity contribution in [3.63, 3.8) is 0 Å². The minimum absolute atomic E-state index is 0.315. The lowest BCUT2D eigenvalue weighted by molar-refractivity contribution is -0.154. The number of rotatable bonds is 2. The molecule has 0 saturated heterocycles. The van der Waals surface area contributed by atoms with Crippen molar-refractivity contribution >= 4 is 0 Å². The van der Waals surface area contributed by atoms with Gasteiger partial charge in [0.1, 0.15) is 0 Å². The summed E-state index contributed by atoms with van der Waals surface area (Å²) in [6.45, 7) is 3.67. The average Bonchev–Trinajstić information content (AvgIpc) is 2.06. The highest BCUT2D eigenvalue weighted by molar-refractivity contribution is 5.31. The Bertz CT molecular complexity index is 344. The number of benzene rings is 1. The molecule has 0 heterocycles. The summed E-state index contributed by atoms with van der Waals surface area (Å²) >= 11 is 0. The molecule has 0 radical (unpaired) electrons. The topological polar surface area (TPSA) is 20.2 Å². The number of hydrogen-bond acceptors (Lipinski definition) is 1. The lowest BCUT2D eigenvalue weighted by atomic mass is 10.0. The van der Waals surface area contributed by atoms with Gasteiger partial charge in [-0.15, -0.1) is 0 Å². The third kappa shape index (κ3) is 3.55. The predicted molar refractivity (Wildman–Crippen MR) is 51.5 cm³/mol. The minimum atomic E-state index is -4.34. The second-order valence-electron chi connectivity index (χ2n) is 3.68. The van der Waals surface area contributed by atoms with E-state index in [2.05, 4.69) is 0 Å². The van der Waals surface area contributed by atoms with Crippen molar-refractivity contribution in [3.8, 4) is 0 Å². The minimum Gasteiger partial charge on any atom is -0.388 e. The molecule has 1 N–H and O–H groups in total. The molecular weight excluding hydrogens is 205 g/mol. The van der Waals surface area contributed by atoms with Crippen LogP contribution in [0.3, 0.4) is 0 Å². The highest BCUT2D eigenvalue weighted by Crippen LogP contribution is 2.29. The van der Waals surface area contributed by atoms with Gasteiger partial charge in [-0.25, -0.2) is 0 Å². The Hall–Kier alpha value is -1.03. The summed E-state index contributed by atoms with van der Waals surface area (Å²) in [4.78, 5) is 0. The molecule has 1 unspecified atom stereocenters. The zero-order valence-electron chi connectivity index (χ0n) is 8.60. The fourth-order valence-corrected chi connectivity index (χ4v) is 1.31. The molecule has 1 aromatic carbocycles. The van der Waals surface area contributed by atoms with Crippen LogP contribution in [0.15, 0.2) is 18.2 Å². The Labute approximate surface area is 86.5 Å². The van der Waals surface area contributed by atoms with Crippen LogP contribution in [0.1, 0.15) is 29.2 Å². The zero-order valence-corrected chi connectivity index (χ0v) is 8.60. The van der Waals surface area contributed by atoms with Gasteiger partial charge in [0.05, 0.1) is 12.5 Å². The number of alkyl halides is 3. The normalized spacial score (nSPS) is 14.0. The fraction of sp³-hybridized carbons (Fsp3) is 0.455. The second kappa shape index (κ2) is 4.23. The quantitative estimate of drug-likeness (QED) is 0.807. The van der Waals surface area contributed by atoms with E-state index in [1.54, 1.807) is 19.1 Å². The van der Waals surface area contributed by atoms with Crippen LogP contribution in [0.5, 0.6) is 0 Å². The molecule has 0 aliphatic rings. The molecule has 1 rings (SSSR count). The van der Waals surface area contributed by atoms with Gasteiger partial charge in [-0.1, -0.05) is 18.2 Å². The molecule has 0 saturated carbocycles. The average molecular weight is 218 g/mol. The fourth-order valence-electron chi connectivity index (χ4n) is 1.31. The first-order valence-corrected chi connectivity index (χ1v) is 4.61. The van der Waals surface area contributed by atoms with E-state index in [9.17, 15) is 18.3 Å². The van der Waals surface area contributed by atoms with Gasteiger partial charge in [0.2, 0.25) is 0 Å². The first kappa shape index (κ1) is 12.0. The van der Waals surface area contributed by atoms with Crippen molar-refractivity contribution in [3.05, 3.63) is 34.9 Å². The lowest BCUT2D eigenvalue weighted by Crippen LogP contribution is -2.13. The number of hydrogen-bond donors (Lipinski definition) is 1. The largest absolute Gasteiger partial charge is 0.391 e. The van der Waals surface area contributed by atoms with Crippen LogP contribution in [-0.2, 0) is 0 Å². The summed E-state index contributed by atoms with van der Waals surface area (Å²) in [6, 6.07) is 4.83. The van der Waals surface area contributed by atoms with E-state index in [1.807, 2.05) is 6.92 Å². The van der Waals surface area contributed by atoms with E-state index < -0.39 is 18.7 Å². The highest BCUT2D eigenvalue weighted by atomic mass is 19.4. The molecule has 4 heteroatoms. The van der Waals surface area contributed by atoms with Gasteiger partial charge in [0.15, 0.2) is 0 Å². The van der Waals surface area contributed by atoms with Gasteiger partial charge < -0.3 is 5.11 Å². The standard InChI is InChI=1S/C11H13F3O/c1-7-3-4-9(5-8(7)2)10(15)6-11(12,13)14/h3-5,10,15H,6H2,1-2H3. The zero-order chi connectivity index (χ0) is 11.6. The lowest BCUT2D eigenvalue weighted by Gasteiger charge is -2.14. The summed E-state index contributed by atoms with van der Waals surface area (Å²) in [5.74, 6) is 0. The molecule has 1 nitrogen and oxygen atoms in total. The predicted octanol–water partition coefficient (Wildman–Crippen LogP) is 3.29. The van der Waals surface area contributed by atoms with Gasteiger partial charge in [-0.2, -0.15) is 13.2 Å². The van der Waals surface area contributed by atoms with Gasteiger partial charge >= 0.3 is 6.18 Å². The second-order valence-corrected chi connectivity index (χ2v) is 3.68. The monoisotopic (exact) mass is 218 g/mol. The van der Waals surface area contributed by atoms with Crippen molar-refractivity contribution in [2.45, 2.75) is 32.5 Å². The Morgan fingerprint density at radius 1 is 1.20 bits per heavy atom. The van der Waals surface area contributed by atoms with E-state index in [0.717, 1.165) is 11.1 Å². The van der Waals surface area contributed by atoms with Crippen molar-refractivity contribution in [1.29, 1.82) is 0 Å². The molecule has 84 valence electrons. The van der Waals surface area contributed by atoms with Crippen LogP contribution in [-0.4, -0.2) is 11.3 Å². The van der Waals surface area contributed by atoms with Gasteiger partial charge in [-0.3, -0.25) is 0 Å². The molecular formula is C11H13F3O. The smallest absolute Gasteiger partial charge is 0.388 e. The maximum Gasteiger partial charge on any atom is 0.391 e. The van der Waals surface area contributed by atoms with E-state index in [0.29, 0.717) is 5.56 Å². The molecule has 1 aromatic rings. The SMILES string of the molecule is Cc1ccc(C(O)CC(F)(F)F)cc1C. The molecule has 1 atom stereocenters. The molecule has 0 aliphatic heterocycles. The van der Waals surface area contributed by atoms with E-state index in [1.165, 1.54) is 6.07 Å². The maximum absolute atomic E-state index is 12.0. The molecule has 0 fully saturated rings. The van der Waals surface area contributed by atoms with E-state index in [-0.39, 0.29) is 0 Å². The molecule has 15 heavy (non-hydrogen) atoms. The van der Waals surface area contributed by atoms with Crippen molar-refractivity contribution in [2.24, 2.45) is 0 Å². The van der Waals surface area contributed by atoms with E-state index >= 15 is 0 Å². The van der Waals surface area contributed by atoms with E-state index in [4.69, 9.17) is 0 Å². The Balaban J connectivity index is 2.83. The van der Waals surface area contributed by atoms with Gasteiger partial charge in [0, 0.05) is 0 Å². The van der Waals surface area contributed by atoms with Gasteiger partial charge in [0.25, 0.3) is 0 Å². The van der Waals surface area contributed by atoms with Crippen LogP contribution < -0.4 is 0 Å². The number of aliphatic hydroxyl groups excluding tert-OH is 1. The third-order valence-corrected chi connectivity index (χ3v) is 2.34. The van der Waals surface area contributed by atoms with Crippen LogP contribution >= 0.6 is 0 Å². The van der Waals surface area contributed by atoms with Crippen LogP contribution in [0, 0.1) is 13.8 Å². The van der Waals surface area contributed by atoms with Gasteiger partial charge in [-0.05, 0) is 30.5 Å². The number of aryl methyl sites for hydroxylation is 2. The number of aliphatic hydroxyl groups is 1. The van der Waals surface area contributed by atoms with Crippen molar-refractivity contribution in [2.75, 3.05) is 0 Å². The van der Waals surface area contributed by atoms with Crippen molar-refractivity contribution in [1.82, 2.24) is 0 Å². The number of halogens is 3. The maximum atomic E-state index is 12.0. The molecule has 0 amide bonds. The molecule has 0 aromatic heterocycles. The summed E-state index contributed by atoms with van der Waals surface area (Å²) in [7, 11) is 0.